The number of benzene rings is 1. The highest BCUT2D eigenvalue weighted by Gasteiger charge is 2.02. The molecule has 1 aromatic heterocycles. The Balaban J connectivity index is 1.93. The first-order valence-corrected chi connectivity index (χ1v) is 6.31. The van der Waals surface area contributed by atoms with Crippen molar-refractivity contribution < 1.29 is 19.4 Å². The molecule has 0 bridgehead atoms. The first-order chi connectivity index (χ1) is 10.2. The van der Waals surface area contributed by atoms with Crippen LogP contribution < -0.4 is 4.74 Å². The van der Waals surface area contributed by atoms with Gasteiger partial charge in [0.1, 0.15) is 6.61 Å². The number of aromatic nitrogens is 1. The SMILES string of the molecule is COc1cc(/C=C/C(=O)OCc2ccccn2)ccc1O. The van der Waals surface area contributed by atoms with E-state index in [1.807, 2.05) is 6.07 Å². The molecule has 0 unspecified atom stereocenters. The zero-order valence-corrected chi connectivity index (χ0v) is 11.5. The van der Waals surface area contributed by atoms with Crippen LogP contribution in [0.3, 0.4) is 0 Å². The number of ether oxygens (including phenoxy) is 2. The lowest BCUT2D eigenvalue weighted by Gasteiger charge is -2.04. The van der Waals surface area contributed by atoms with E-state index in [-0.39, 0.29) is 12.4 Å². The molecular formula is C16H15NO4. The zero-order chi connectivity index (χ0) is 15.1. The van der Waals surface area contributed by atoms with E-state index in [4.69, 9.17) is 9.47 Å². The molecule has 0 aliphatic rings. The van der Waals surface area contributed by atoms with Crippen molar-refractivity contribution in [2.24, 2.45) is 0 Å². The van der Waals surface area contributed by atoms with Gasteiger partial charge in [0.15, 0.2) is 11.5 Å². The molecule has 1 N–H and O–H groups in total. The highest BCUT2D eigenvalue weighted by Crippen LogP contribution is 2.26. The molecule has 5 heteroatoms. The summed E-state index contributed by atoms with van der Waals surface area (Å²) < 4.78 is 10.1. The minimum atomic E-state index is -0.465. The van der Waals surface area contributed by atoms with Gasteiger partial charge in [0.25, 0.3) is 0 Å². The van der Waals surface area contributed by atoms with Crippen molar-refractivity contribution in [3.05, 3.63) is 59.9 Å². The summed E-state index contributed by atoms with van der Waals surface area (Å²) in [6.07, 6.45) is 4.54. The molecule has 0 aliphatic carbocycles. The van der Waals surface area contributed by atoms with Crippen molar-refractivity contribution in [3.63, 3.8) is 0 Å². The average Bonchev–Trinajstić information content (AvgIpc) is 2.53. The highest BCUT2D eigenvalue weighted by molar-refractivity contribution is 5.87. The van der Waals surface area contributed by atoms with Gasteiger partial charge in [-0.25, -0.2) is 4.79 Å². The van der Waals surface area contributed by atoms with E-state index >= 15 is 0 Å². The van der Waals surface area contributed by atoms with Crippen molar-refractivity contribution in [2.45, 2.75) is 6.61 Å². The smallest absolute Gasteiger partial charge is 0.331 e. The molecule has 0 saturated heterocycles. The number of aromatic hydroxyl groups is 1. The van der Waals surface area contributed by atoms with E-state index in [0.29, 0.717) is 11.4 Å². The van der Waals surface area contributed by atoms with Gasteiger partial charge in [0.05, 0.1) is 12.8 Å². The third-order valence-electron chi connectivity index (χ3n) is 2.70. The molecule has 0 amide bonds. The fourth-order valence-corrected chi connectivity index (χ4v) is 1.64. The van der Waals surface area contributed by atoms with Gasteiger partial charge >= 0.3 is 5.97 Å². The number of pyridine rings is 1. The van der Waals surface area contributed by atoms with E-state index < -0.39 is 5.97 Å². The third kappa shape index (κ3) is 4.35. The normalized spacial score (nSPS) is 10.5. The number of esters is 1. The van der Waals surface area contributed by atoms with Crippen molar-refractivity contribution >= 4 is 12.0 Å². The molecule has 0 atom stereocenters. The van der Waals surface area contributed by atoms with Crippen LogP contribution in [0.5, 0.6) is 11.5 Å². The fraction of sp³-hybridized carbons (Fsp3) is 0.125. The van der Waals surface area contributed by atoms with Gasteiger partial charge in [-0.05, 0) is 35.9 Å². The van der Waals surface area contributed by atoms with Gasteiger partial charge in [-0.15, -0.1) is 0 Å². The number of hydrogen-bond donors (Lipinski definition) is 1. The zero-order valence-electron chi connectivity index (χ0n) is 11.5. The van der Waals surface area contributed by atoms with Crippen LogP contribution in [0.2, 0.25) is 0 Å². The summed E-state index contributed by atoms with van der Waals surface area (Å²) in [6, 6.07) is 10.2. The molecule has 5 nitrogen and oxygen atoms in total. The van der Waals surface area contributed by atoms with Crippen LogP contribution in [0.25, 0.3) is 6.08 Å². The molecule has 21 heavy (non-hydrogen) atoms. The first-order valence-electron chi connectivity index (χ1n) is 6.31. The van der Waals surface area contributed by atoms with Gasteiger partial charge in [-0.3, -0.25) is 4.98 Å². The van der Waals surface area contributed by atoms with Crippen LogP contribution >= 0.6 is 0 Å². The van der Waals surface area contributed by atoms with Crippen LogP contribution in [0, 0.1) is 0 Å². The second kappa shape index (κ2) is 7.09. The molecule has 1 aromatic carbocycles. The molecule has 0 fully saturated rings. The fourth-order valence-electron chi connectivity index (χ4n) is 1.64. The number of phenolic OH excluding ortho intramolecular Hbond substituents is 1. The van der Waals surface area contributed by atoms with Gasteiger partial charge < -0.3 is 14.6 Å². The van der Waals surface area contributed by atoms with Crippen LogP contribution in [0.15, 0.2) is 48.7 Å². The summed E-state index contributed by atoms with van der Waals surface area (Å²) in [5, 5.41) is 9.47. The van der Waals surface area contributed by atoms with Gasteiger partial charge in [-0.1, -0.05) is 12.1 Å². The standard InChI is InChI=1S/C16H15NO4/c1-20-15-10-12(5-7-14(15)18)6-8-16(19)21-11-13-4-2-3-9-17-13/h2-10,18H,11H2,1H3/b8-6+. The molecule has 2 rings (SSSR count). The molecule has 0 spiro atoms. The number of carbonyl (C=O) groups is 1. The summed E-state index contributed by atoms with van der Waals surface area (Å²) in [6.45, 7) is 0.128. The van der Waals surface area contributed by atoms with Crippen molar-refractivity contribution in [3.8, 4) is 11.5 Å². The Kier molecular flexibility index (Phi) is 4.93. The Labute approximate surface area is 122 Å². The summed E-state index contributed by atoms with van der Waals surface area (Å²) in [5.74, 6) is -0.0703. The van der Waals surface area contributed by atoms with E-state index in [1.165, 1.54) is 19.3 Å². The molecular weight excluding hydrogens is 270 g/mol. The maximum absolute atomic E-state index is 11.6. The number of rotatable bonds is 5. The lowest BCUT2D eigenvalue weighted by Crippen LogP contribution is -2.01. The van der Waals surface area contributed by atoms with Gasteiger partial charge in [0.2, 0.25) is 0 Å². The van der Waals surface area contributed by atoms with Crippen molar-refractivity contribution in [1.82, 2.24) is 4.98 Å². The topological polar surface area (TPSA) is 68.7 Å². The Morgan fingerprint density at radius 3 is 2.90 bits per heavy atom. The monoisotopic (exact) mass is 285 g/mol. The number of carbonyl (C=O) groups excluding carboxylic acids is 1. The second-order valence-corrected chi connectivity index (χ2v) is 4.19. The Bertz CT molecular complexity index is 638. The van der Waals surface area contributed by atoms with Crippen LogP contribution in [-0.2, 0) is 16.1 Å². The van der Waals surface area contributed by atoms with Gasteiger partial charge in [0, 0.05) is 12.3 Å². The molecule has 108 valence electrons. The Morgan fingerprint density at radius 2 is 2.19 bits per heavy atom. The largest absolute Gasteiger partial charge is 0.504 e. The average molecular weight is 285 g/mol. The maximum Gasteiger partial charge on any atom is 0.331 e. The number of phenols is 1. The Hall–Kier alpha value is -2.82. The van der Waals surface area contributed by atoms with Crippen LogP contribution in [-0.4, -0.2) is 23.2 Å². The van der Waals surface area contributed by atoms with Crippen LogP contribution in [0.4, 0.5) is 0 Å². The van der Waals surface area contributed by atoms with Crippen LogP contribution in [0.1, 0.15) is 11.3 Å². The third-order valence-corrected chi connectivity index (χ3v) is 2.70. The van der Waals surface area contributed by atoms with E-state index in [1.54, 1.807) is 36.5 Å². The second-order valence-electron chi connectivity index (χ2n) is 4.19. The highest BCUT2D eigenvalue weighted by atomic mass is 16.5. The van der Waals surface area contributed by atoms with E-state index in [9.17, 15) is 9.90 Å². The molecule has 2 aromatic rings. The van der Waals surface area contributed by atoms with E-state index in [0.717, 1.165) is 5.56 Å². The molecule has 0 aliphatic heterocycles. The van der Waals surface area contributed by atoms with Crippen molar-refractivity contribution in [1.29, 1.82) is 0 Å². The summed E-state index contributed by atoms with van der Waals surface area (Å²) in [4.78, 5) is 15.6. The number of hydrogen-bond acceptors (Lipinski definition) is 5. The van der Waals surface area contributed by atoms with Gasteiger partial charge in [-0.2, -0.15) is 0 Å². The predicted molar refractivity (Wildman–Crippen MR) is 77.7 cm³/mol. The summed E-state index contributed by atoms with van der Waals surface area (Å²) in [7, 11) is 1.46. The Morgan fingerprint density at radius 1 is 1.33 bits per heavy atom. The maximum atomic E-state index is 11.6. The van der Waals surface area contributed by atoms with Crippen molar-refractivity contribution in [2.75, 3.05) is 7.11 Å². The summed E-state index contributed by atoms with van der Waals surface area (Å²) in [5.41, 5.74) is 1.41. The first kappa shape index (κ1) is 14.6. The number of nitrogens with zero attached hydrogens (tertiary/aromatic N) is 1. The molecule has 0 saturated carbocycles. The summed E-state index contributed by atoms with van der Waals surface area (Å²) >= 11 is 0. The lowest BCUT2D eigenvalue weighted by atomic mass is 10.2. The predicted octanol–water partition coefficient (Wildman–Crippen LogP) is 2.55. The minimum Gasteiger partial charge on any atom is -0.504 e. The molecule has 0 radical (unpaired) electrons. The van der Waals surface area contributed by atoms with E-state index in [2.05, 4.69) is 4.98 Å². The molecule has 1 heterocycles. The number of methoxy groups -OCH3 is 1. The quantitative estimate of drug-likeness (QED) is 0.675. The lowest BCUT2D eigenvalue weighted by molar-refractivity contribution is -0.139. The minimum absolute atomic E-state index is 0.0485.